The number of unbranched alkanes of at least 4 members (excludes halogenated alkanes) is 4. The van der Waals surface area contributed by atoms with Crippen LogP contribution in [0.25, 0.3) is 11.1 Å². The Bertz CT molecular complexity index is 1990. The molecule has 4 unspecified atom stereocenters. The Kier molecular flexibility index (Phi) is 21.2. The number of hydroxylamine groups is 8. The Labute approximate surface area is 468 Å². The van der Waals surface area contributed by atoms with E-state index in [1.807, 2.05) is 0 Å². The van der Waals surface area contributed by atoms with Gasteiger partial charge < -0.3 is 0 Å². The Morgan fingerprint density at radius 1 is 0.329 bits per heavy atom. The van der Waals surface area contributed by atoms with Gasteiger partial charge in [0.2, 0.25) is 0 Å². The summed E-state index contributed by atoms with van der Waals surface area (Å²) in [6.45, 7) is 51.1. The minimum atomic E-state index is -0.152. The molecule has 434 valence electrons. The fourth-order valence-corrected chi connectivity index (χ4v) is 15.6. The summed E-state index contributed by atoms with van der Waals surface area (Å²) in [7, 11) is 0. The Balaban J connectivity index is 1.52. The van der Waals surface area contributed by atoms with Crippen LogP contribution in [0.1, 0.15) is 313 Å². The van der Waals surface area contributed by atoms with Gasteiger partial charge in [-0.25, -0.2) is 0 Å². The van der Waals surface area contributed by atoms with Gasteiger partial charge in [-0.3, -0.25) is 19.4 Å². The molecule has 0 amide bonds. The van der Waals surface area contributed by atoms with Crippen LogP contribution >= 0.6 is 0 Å². The predicted molar refractivity (Wildman–Crippen MR) is 322 cm³/mol. The third kappa shape index (κ3) is 15.0. The largest absolute Gasteiger partial charge is 0.298 e. The first-order valence-electron chi connectivity index (χ1n) is 31.5. The molecule has 4 aliphatic heterocycles. The number of hydrogen-bond acceptors (Lipinski definition) is 8. The van der Waals surface area contributed by atoms with Crippen molar-refractivity contribution in [3.8, 4) is 11.1 Å². The van der Waals surface area contributed by atoms with E-state index in [0.717, 1.165) is 155 Å². The molecule has 0 bridgehead atoms. The SMILES string of the molecule is CCCCON1C(C)(C)CCC(c2ccc(-c3ccc(C4CCC(C)(C)N(OCCCC)C(C)(C)C4)c(C4CCC(C)(C)N(OCCCC)C(C)(C)C4)c3)cc2C2CCC(C)(C)N(OCCCC)C(C)(C)C2)CC1(C)C. The second-order valence-corrected chi connectivity index (χ2v) is 29.9. The van der Waals surface area contributed by atoms with Gasteiger partial charge in [0.15, 0.2) is 0 Å². The fraction of sp³-hybridized carbons (Fsp3) is 0.824. The number of rotatable bonds is 21. The van der Waals surface area contributed by atoms with Gasteiger partial charge in [-0.2, -0.15) is 20.3 Å². The minimum Gasteiger partial charge on any atom is -0.298 e. The first-order chi connectivity index (χ1) is 35.5. The molecule has 4 heterocycles. The lowest BCUT2D eigenvalue weighted by Gasteiger charge is -2.46. The van der Waals surface area contributed by atoms with Crippen molar-refractivity contribution >= 4 is 0 Å². The normalized spacial score (nSPS) is 27.8. The van der Waals surface area contributed by atoms with Crippen LogP contribution in [0, 0.1) is 0 Å². The molecule has 0 saturated carbocycles. The summed E-state index contributed by atoms with van der Waals surface area (Å²) >= 11 is 0. The summed E-state index contributed by atoms with van der Waals surface area (Å²) in [5.74, 6) is 1.61. The second kappa shape index (κ2) is 25.5. The lowest BCUT2D eigenvalue weighted by molar-refractivity contribution is -0.264. The third-order valence-electron chi connectivity index (χ3n) is 18.9. The van der Waals surface area contributed by atoms with E-state index in [-0.39, 0.29) is 44.3 Å². The van der Waals surface area contributed by atoms with Gasteiger partial charge in [0.05, 0.1) is 26.4 Å². The smallest absolute Gasteiger partial charge is 0.0685 e. The van der Waals surface area contributed by atoms with Gasteiger partial charge in [0.25, 0.3) is 0 Å². The zero-order valence-electron chi connectivity index (χ0n) is 53.2. The lowest BCUT2D eigenvalue weighted by atomic mass is 9.74. The molecule has 0 aromatic heterocycles. The lowest BCUT2D eigenvalue weighted by Crippen LogP contribution is -2.54. The summed E-state index contributed by atoms with van der Waals surface area (Å²) in [6.07, 6.45) is 22.0. The molecule has 2 aromatic rings. The zero-order valence-corrected chi connectivity index (χ0v) is 53.2. The maximum atomic E-state index is 6.83. The van der Waals surface area contributed by atoms with Crippen molar-refractivity contribution in [1.29, 1.82) is 0 Å². The summed E-state index contributed by atoms with van der Waals surface area (Å²) in [6, 6.07) is 15.6. The molecule has 0 spiro atoms. The highest BCUT2D eigenvalue weighted by atomic mass is 16.7. The topological polar surface area (TPSA) is 49.9 Å². The van der Waals surface area contributed by atoms with Gasteiger partial charge >= 0.3 is 0 Å². The number of benzene rings is 2. The van der Waals surface area contributed by atoms with Crippen LogP contribution < -0.4 is 0 Å². The average Bonchev–Trinajstić information content (AvgIpc) is 3.59. The fourth-order valence-electron chi connectivity index (χ4n) is 15.6. The molecule has 76 heavy (non-hydrogen) atoms. The highest BCUT2D eigenvalue weighted by molar-refractivity contribution is 5.68. The van der Waals surface area contributed by atoms with Crippen LogP contribution in [0.2, 0.25) is 0 Å². The second-order valence-electron chi connectivity index (χ2n) is 29.9. The van der Waals surface area contributed by atoms with Crippen molar-refractivity contribution in [2.75, 3.05) is 26.4 Å². The summed E-state index contributed by atoms with van der Waals surface area (Å²) in [5.41, 5.74) is 8.08. The van der Waals surface area contributed by atoms with Crippen LogP contribution in [0.4, 0.5) is 0 Å². The van der Waals surface area contributed by atoms with Crippen LogP contribution in [-0.2, 0) is 19.4 Å². The van der Waals surface area contributed by atoms with E-state index in [0.29, 0.717) is 23.7 Å². The van der Waals surface area contributed by atoms with Gasteiger partial charge in [0, 0.05) is 44.3 Å². The zero-order chi connectivity index (χ0) is 56.1. The monoisotopic (exact) mass is 1050 g/mol. The van der Waals surface area contributed by atoms with Crippen LogP contribution in [0.15, 0.2) is 36.4 Å². The van der Waals surface area contributed by atoms with Gasteiger partial charge in [-0.05, 0) is 271 Å². The molecule has 4 saturated heterocycles. The number of hydrogen-bond donors (Lipinski definition) is 0. The van der Waals surface area contributed by atoms with E-state index < -0.39 is 0 Å². The van der Waals surface area contributed by atoms with E-state index in [1.54, 1.807) is 22.3 Å². The third-order valence-corrected chi connectivity index (χ3v) is 18.9. The highest BCUT2D eigenvalue weighted by Gasteiger charge is 2.49. The van der Waals surface area contributed by atoms with E-state index in [2.05, 4.69) is 195 Å². The molecule has 6 rings (SSSR count). The summed E-state index contributed by atoms with van der Waals surface area (Å²) < 4.78 is 0. The Morgan fingerprint density at radius 2 is 0.553 bits per heavy atom. The standard InChI is InChI=1S/C68H118N4O4/c1-21-25-41-73-69-61(5,6)37-33-53(47-65(69,13)14)57-31-29-51(45-59(57)55-35-39-63(9,10)71(67(17,18)49-55)75-43-27-23-3)52-30-32-58(54-34-38-62(7,8)70(66(15,16)48-54)74-42-26-22-2)60(46-52)56-36-40-64(11,12)72(68(19,20)50-56)76-44-28-24-4/h29-32,45-46,53-56H,21-28,33-44,47-50H2,1-20H3. The first-order valence-corrected chi connectivity index (χ1v) is 31.5. The molecule has 4 aliphatic rings. The van der Waals surface area contributed by atoms with E-state index >= 15 is 0 Å². The molecule has 2 aromatic carbocycles. The quantitative estimate of drug-likeness (QED) is 0.115. The van der Waals surface area contributed by atoms with Crippen molar-refractivity contribution in [3.63, 3.8) is 0 Å². The van der Waals surface area contributed by atoms with E-state index in [1.165, 1.54) is 11.1 Å². The molecule has 8 heteroatoms. The number of nitrogens with zero attached hydrogens (tertiary/aromatic N) is 4. The average molecular weight is 1060 g/mol. The predicted octanol–water partition coefficient (Wildman–Crippen LogP) is 18.8. The molecule has 0 N–H and O–H groups in total. The molecule has 4 atom stereocenters. The Hall–Kier alpha value is -1.88. The van der Waals surface area contributed by atoms with Crippen LogP contribution in [-0.4, -0.2) is 91.0 Å². The molecular formula is C68H118N4O4. The molecule has 4 fully saturated rings. The maximum Gasteiger partial charge on any atom is 0.0685 e. The van der Waals surface area contributed by atoms with Crippen LogP contribution in [0.5, 0.6) is 0 Å². The van der Waals surface area contributed by atoms with Gasteiger partial charge in [-0.15, -0.1) is 0 Å². The molecule has 8 nitrogen and oxygen atoms in total. The minimum absolute atomic E-state index is 0.0714. The van der Waals surface area contributed by atoms with E-state index in [9.17, 15) is 0 Å². The van der Waals surface area contributed by atoms with Crippen LogP contribution in [0.3, 0.4) is 0 Å². The first kappa shape index (κ1) is 63.3. The molecule has 0 aliphatic carbocycles. The van der Waals surface area contributed by atoms with Gasteiger partial charge in [0.1, 0.15) is 0 Å². The summed E-state index contributed by atoms with van der Waals surface area (Å²) in [5, 5.41) is 9.67. The molecular weight excluding hydrogens is 937 g/mol. The van der Waals surface area contributed by atoms with Crippen molar-refractivity contribution in [2.45, 2.75) is 335 Å². The Morgan fingerprint density at radius 3 is 0.776 bits per heavy atom. The van der Waals surface area contributed by atoms with Crippen molar-refractivity contribution in [1.82, 2.24) is 20.3 Å². The van der Waals surface area contributed by atoms with Crippen molar-refractivity contribution < 1.29 is 19.4 Å². The van der Waals surface area contributed by atoms with Crippen molar-refractivity contribution in [2.24, 2.45) is 0 Å². The van der Waals surface area contributed by atoms with Crippen molar-refractivity contribution in [3.05, 3.63) is 58.7 Å². The van der Waals surface area contributed by atoms with Gasteiger partial charge in [-0.1, -0.05) is 89.8 Å². The van der Waals surface area contributed by atoms with E-state index in [4.69, 9.17) is 19.4 Å². The summed E-state index contributed by atoms with van der Waals surface area (Å²) in [4.78, 5) is 27.2. The maximum absolute atomic E-state index is 6.83. The molecule has 0 radical (unpaired) electrons. The highest BCUT2D eigenvalue weighted by Crippen LogP contribution is 2.52.